The Morgan fingerprint density at radius 3 is 3.11 bits per heavy atom. The summed E-state index contributed by atoms with van der Waals surface area (Å²) in [6, 6.07) is 6.19. The molecule has 4 heteroatoms. The van der Waals surface area contributed by atoms with Crippen molar-refractivity contribution in [3.8, 4) is 11.5 Å². The van der Waals surface area contributed by atoms with E-state index in [1.807, 2.05) is 6.07 Å². The summed E-state index contributed by atoms with van der Waals surface area (Å²) in [6.07, 6.45) is 0.983. The van der Waals surface area contributed by atoms with Crippen LogP contribution in [-0.4, -0.2) is 33.1 Å². The van der Waals surface area contributed by atoms with Crippen LogP contribution in [0.5, 0.6) is 11.5 Å². The van der Waals surface area contributed by atoms with E-state index in [0.717, 1.165) is 44.2 Å². The molecule has 1 atom stereocenters. The molecule has 0 aromatic heterocycles. The van der Waals surface area contributed by atoms with E-state index in [2.05, 4.69) is 24.4 Å². The van der Waals surface area contributed by atoms with Crippen LogP contribution in [0.3, 0.4) is 0 Å². The molecule has 1 saturated heterocycles. The molecule has 2 heterocycles. The largest absolute Gasteiger partial charge is 0.454 e. The van der Waals surface area contributed by atoms with Crippen LogP contribution in [0.25, 0.3) is 0 Å². The maximum atomic E-state index is 5.66. The summed E-state index contributed by atoms with van der Waals surface area (Å²) in [7, 11) is 0. The molecule has 0 amide bonds. The zero-order valence-corrected chi connectivity index (χ0v) is 10.7. The molecule has 2 aliphatic heterocycles. The first-order chi connectivity index (χ1) is 8.75. The molecule has 2 aliphatic rings. The number of nitrogens with one attached hydrogen (secondary N) is 1. The van der Waals surface area contributed by atoms with Crippen LogP contribution in [0.2, 0.25) is 0 Å². The van der Waals surface area contributed by atoms with Crippen LogP contribution in [0.1, 0.15) is 12.5 Å². The molecule has 4 nitrogen and oxygen atoms in total. The van der Waals surface area contributed by atoms with Crippen LogP contribution in [0, 0.1) is 5.41 Å². The second-order valence-corrected chi connectivity index (χ2v) is 5.40. The SMILES string of the molecule is CC1(Cc2ccc3c(c2)OCO3)CNCCOC1. The first-order valence-electron chi connectivity index (χ1n) is 6.42. The Labute approximate surface area is 107 Å². The van der Waals surface area contributed by atoms with Crippen LogP contribution < -0.4 is 14.8 Å². The van der Waals surface area contributed by atoms with Crippen LogP contribution >= 0.6 is 0 Å². The van der Waals surface area contributed by atoms with Crippen molar-refractivity contribution in [1.82, 2.24) is 5.32 Å². The molecule has 0 saturated carbocycles. The normalized spacial score (nSPS) is 26.9. The topological polar surface area (TPSA) is 39.7 Å². The Hall–Kier alpha value is -1.26. The predicted molar refractivity (Wildman–Crippen MR) is 68.1 cm³/mol. The van der Waals surface area contributed by atoms with Gasteiger partial charge >= 0.3 is 0 Å². The summed E-state index contributed by atoms with van der Waals surface area (Å²) in [4.78, 5) is 0. The highest BCUT2D eigenvalue weighted by atomic mass is 16.7. The van der Waals surface area contributed by atoms with E-state index in [1.165, 1.54) is 5.56 Å². The zero-order valence-electron chi connectivity index (χ0n) is 10.7. The molecule has 0 aliphatic carbocycles. The van der Waals surface area contributed by atoms with Crippen LogP contribution in [0.15, 0.2) is 18.2 Å². The second-order valence-electron chi connectivity index (χ2n) is 5.40. The van der Waals surface area contributed by atoms with Gasteiger partial charge in [0.15, 0.2) is 11.5 Å². The minimum absolute atomic E-state index is 0.143. The van der Waals surface area contributed by atoms with Gasteiger partial charge in [-0.25, -0.2) is 0 Å². The van der Waals surface area contributed by atoms with Gasteiger partial charge in [0.1, 0.15) is 0 Å². The summed E-state index contributed by atoms with van der Waals surface area (Å²) in [5.41, 5.74) is 1.42. The van der Waals surface area contributed by atoms with Crippen molar-refractivity contribution in [3.63, 3.8) is 0 Å². The molecule has 1 unspecified atom stereocenters. The third-order valence-corrected chi connectivity index (χ3v) is 3.49. The van der Waals surface area contributed by atoms with E-state index < -0.39 is 0 Å². The third kappa shape index (κ3) is 2.44. The molecule has 1 aromatic rings. The smallest absolute Gasteiger partial charge is 0.231 e. The quantitative estimate of drug-likeness (QED) is 0.864. The molecule has 18 heavy (non-hydrogen) atoms. The molecule has 1 fully saturated rings. The van der Waals surface area contributed by atoms with E-state index in [0.29, 0.717) is 6.79 Å². The number of fused-ring (bicyclic) bond motifs is 1. The summed E-state index contributed by atoms with van der Waals surface area (Å²) in [6.45, 7) is 6.12. The maximum Gasteiger partial charge on any atom is 0.231 e. The van der Waals surface area contributed by atoms with Gasteiger partial charge < -0.3 is 19.5 Å². The Kier molecular flexibility index (Phi) is 3.14. The molecular weight excluding hydrogens is 230 g/mol. The van der Waals surface area contributed by atoms with Gasteiger partial charge in [0, 0.05) is 18.5 Å². The molecule has 0 radical (unpaired) electrons. The van der Waals surface area contributed by atoms with Gasteiger partial charge in [-0.15, -0.1) is 0 Å². The lowest BCUT2D eigenvalue weighted by molar-refractivity contribution is 0.0796. The molecule has 1 N–H and O–H groups in total. The van der Waals surface area contributed by atoms with Gasteiger partial charge in [0.2, 0.25) is 6.79 Å². The lowest BCUT2D eigenvalue weighted by atomic mass is 9.84. The van der Waals surface area contributed by atoms with Gasteiger partial charge in [-0.05, 0) is 24.1 Å². The molecule has 98 valence electrons. The van der Waals surface area contributed by atoms with Gasteiger partial charge in [-0.2, -0.15) is 0 Å². The minimum Gasteiger partial charge on any atom is -0.454 e. The Balaban J connectivity index is 1.75. The Bertz CT molecular complexity index is 425. The van der Waals surface area contributed by atoms with Crippen molar-refractivity contribution >= 4 is 0 Å². The highest BCUT2D eigenvalue weighted by molar-refractivity contribution is 5.44. The monoisotopic (exact) mass is 249 g/mol. The van der Waals surface area contributed by atoms with Crippen molar-refractivity contribution < 1.29 is 14.2 Å². The predicted octanol–water partition coefficient (Wildman–Crippen LogP) is 1.58. The zero-order chi connectivity index (χ0) is 12.4. The summed E-state index contributed by atoms with van der Waals surface area (Å²) < 4.78 is 16.4. The fourth-order valence-corrected chi connectivity index (χ4v) is 2.56. The maximum absolute atomic E-state index is 5.66. The van der Waals surface area contributed by atoms with Crippen molar-refractivity contribution in [2.45, 2.75) is 13.3 Å². The third-order valence-electron chi connectivity index (χ3n) is 3.49. The highest BCUT2D eigenvalue weighted by Gasteiger charge is 2.27. The van der Waals surface area contributed by atoms with Gasteiger partial charge in [-0.1, -0.05) is 13.0 Å². The summed E-state index contributed by atoms with van der Waals surface area (Å²) >= 11 is 0. The summed E-state index contributed by atoms with van der Waals surface area (Å²) in [5.74, 6) is 1.71. The molecule has 1 aromatic carbocycles. The van der Waals surface area contributed by atoms with E-state index >= 15 is 0 Å². The number of rotatable bonds is 2. The van der Waals surface area contributed by atoms with Gasteiger partial charge in [-0.3, -0.25) is 0 Å². The van der Waals surface area contributed by atoms with E-state index in [9.17, 15) is 0 Å². The van der Waals surface area contributed by atoms with E-state index in [1.54, 1.807) is 0 Å². The van der Waals surface area contributed by atoms with Crippen molar-refractivity contribution in [1.29, 1.82) is 0 Å². The number of ether oxygens (including phenoxy) is 3. The number of hydrogen-bond acceptors (Lipinski definition) is 4. The molecule has 3 rings (SSSR count). The van der Waals surface area contributed by atoms with Gasteiger partial charge in [0.25, 0.3) is 0 Å². The van der Waals surface area contributed by atoms with Crippen LogP contribution in [0.4, 0.5) is 0 Å². The fourth-order valence-electron chi connectivity index (χ4n) is 2.56. The average molecular weight is 249 g/mol. The van der Waals surface area contributed by atoms with Crippen molar-refractivity contribution in [3.05, 3.63) is 23.8 Å². The standard InChI is InChI=1S/C14H19NO3/c1-14(8-15-4-5-16-9-14)7-11-2-3-12-13(6-11)18-10-17-12/h2-3,6,15H,4-5,7-10H2,1H3. The highest BCUT2D eigenvalue weighted by Crippen LogP contribution is 2.34. The van der Waals surface area contributed by atoms with Crippen LogP contribution in [-0.2, 0) is 11.2 Å². The van der Waals surface area contributed by atoms with Crippen molar-refractivity contribution in [2.75, 3.05) is 33.1 Å². The lowest BCUT2D eigenvalue weighted by Gasteiger charge is -2.27. The van der Waals surface area contributed by atoms with E-state index in [-0.39, 0.29) is 5.41 Å². The molecule has 0 bridgehead atoms. The summed E-state index contributed by atoms with van der Waals surface area (Å²) in [5, 5.41) is 3.43. The number of benzene rings is 1. The minimum atomic E-state index is 0.143. The molecular formula is C14H19NO3. The Morgan fingerprint density at radius 1 is 1.28 bits per heavy atom. The number of hydrogen-bond donors (Lipinski definition) is 1. The van der Waals surface area contributed by atoms with Gasteiger partial charge in [0.05, 0.1) is 13.2 Å². The first-order valence-corrected chi connectivity index (χ1v) is 6.42. The second kappa shape index (κ2) is 4.78. The first kappa shape index (κ1) is 11.8. The molecule has 0 spiro atoms. The average Bonchev–Trinajstić information content (AvgIpc) is 2.71. The fraction of sp³-hybridized carbons (Fsp3) is 0.571. The Morgan fingerprint density at radius 2 is 2.17 bits per heavy atom. The lowest BCUT2D eigenvalue weighted by Crippen LogP contribution is -2.34. The van der Waals surface area contributed by atoms with E-state index in [4.69, 9.17) is 14.2 Å². The van der Waals surface area contributed by atoms with Crippen molar-refractivity contribution in [2.24, 2.45) is 5.41 Å².